The molecular formula is C19H21N7O2S. The van der Waals surface area contributed by atoms with E-state index in [9.17, 15) is 9.90 Å². The summed E-state index contributed by atoms with van der Waals surface area (Å²) in [5.74, 6) is 1.17. The number of rotatable bonds is 4. The molecule has 150 valence electrons. The normalized spacial score (nSPS) is 32.6. The molecule has 2 atom stereocenters. The molecule has 4 N–H and O–H groups in total. The zero-order chi connectivity index (χ0) is 19.6. The van der Waals surface area contributed by atoms with Gasteiger partial charge in [-0.2, -0.15) is 0 Å². The van der Waals surface area contributed by atoms with Crippen LogP contribution in [0.5, 0.6) is 0 Å². The van der Waals surface area contributed by atoms with Gasteiger partial charge >= 0.3 is 0 Å². The van der Waals surface area contributed by atoms with E-state index >= 15 is 0 Å². The van der Waals surface area contributed by atoms with E-state index in [1.165, 1.54) is 11.3 Å². The summed E-state index contributed by atoms with van der Waals surface area (Å²) in [6, 6.07) is 0.230. The van der Waals surface area contributed by atoms with Crippen molar-refractivity contribution in [2.75, 3.05) is 10.6 Å². The van der Waals surface area contributed by atoms with Gasteiger partial charge in [0.25, 0.3) is 5.91 Å². The van der Waals surface area contributed by atoms with Gasteiger partial charge in [0.2, 0.25) is 5.13 Å². The van der Waals surface area contributed by atoms with E-state index in [0.29, 0.717) is 34.1 Å². The lowest BCUT2D eigenvalue weighted by Crippen LogP contribution is -2.59. The van der Waals surface area contributed by atoms with Crippen LogP contribution in [0.25, 0.3) is 11.2 Å². The van der Waals surface area contributed by atoms with E-state index in [2.05, 4.69) is 35.8 Å². The second-order valence-corrected chi connectivity index (χ2v) is 9.54. The van der Waals surface area contributed by atoms with E-state index in [1.54, 1.807) is 18.0 Å². The molecule has 3 aromatic heterocycles. The molecule has 0 radical (unpaired) electrons. The molecule has 0 aliphatic heterocycles. The number of nitrogens with zero attached hydrogens (tertiary/aromatic N) is 4. The minimum absolute atomic E-state index is 0.230. The summed E-state index contributed by atoms with van der Waals surface area (Å²) in [4.78, 5) is 24.7. The molecule has 9 nitrogen and oxygen atoms in total. The van der Waals surface area contributed by atoms with Gasteiger partial charge in [-0.25, -0.2) is 9.97 Å². The molecule has 7 rings (SSSR count). The summed E-state index contributed by atoms with van der Waals surface area (Å²) in [6.45, 7) is 0. The van der Waals surface area contributed by atoms with Crippen molar-refractivity contribution in [3.05, 3.63) is 23.6 Å². The van der Waals surface area contributed by atoms with E-state index in [0.717, 1.165) is 43.3 Å². The maximum absolute atomic E-state index is 13.0. The highest BCUT2D eigenvalue weighted by Crippen LogP contribution is 2.56. The average Bonchev–Trinajstić information content (AvgIpc) is 3.34. The standard InChI is InChI=1S/C19H21N7O2S/c27-17(25-18-26-23-8-29-18)12-6-20-16-15(21-7-22-16)14(12)24-13-10-1-9-2-11(13)5-19(28,3-9)4-10/h6-11,13,28H,1-5H2,(H,25,26,27)(H2,20,21,22,24). The quantitative estimate of drug-likeness (QED) is 0.519. The Morgan fingerprint density at radius 1 is 1.24 bits per heavy atom. The number of H-pyrrole nitrogens is 1. The number of aliphatic hydroxyl groups is 1. The van der Waals surface area contributed by atoms with Crippen LogP contribution in [0.4, 0.5) is 10.8 Å². The molecule has 4 saturated carbocycles. The fourth-order valence-corrected chi connectivity index (χ4v) is 6.43. The van der Waals surface area contributed by atoms with Crippen molar-refractivity contribution in [1.82, 2.24) is 25.1 Å². The maximum Gasteiger partial charge on any atom is 0.261 e. The summed E-state index contributed by atoms with van der Waals surface area (Å²) >= 11 is 1.27. The number of nitrogens with one attached hydrogen (secondary N) is 3. The van der Waals surface area contributed by atoms with Crippen molar-refractivity contribution in [3.8, 4) is 0 Å². The second kappa shape index (κ2) is 6.20. The van der Waals surface area contributed by atoms with Gasteiger partial charge in [-0.15, -0.1) is 10.2 Å². The third-order valence-electron chi connectivity index (χ3n) is 6.83. The Morgan fingerprint density at radius 2 is 2.07 bits per heavy atom. The van der Waals surface area contributed by atoms with Crippen molar-refractivity contribution in [1.29, 1.82) is 0 Å². The first-order chi connectivity index (χ1) is 14.1. The molecular weight excluding hydrogens is 390 g/mol. The van der Waals surface area contributed by atoms with E-state index in [4.69, 9.17) is 0 Å². The van der Waals surface area contributed by atoms with Crippen LogP contribution in [-0.2, 0) is 0 Å². The first-order valence-corrected chi connectivity index (χ1v) is 10.8. The minimum atomic E-state index is -0.492. The number of carbonyl (C=O) groups excluding carboxylic acids is 1. The average molecular weight is 411 g/mol. The van der Waals surface area contributed by atoms with Gasteiger partial charge < -0.3 is 15.4 Å². The summed E-state index contributed by atoms with van der Waals surface area (Å²) in [5, 5.41) is 25.5. The third-order valence-corrected chi connectivity index (χ3v) is 7.44. The summed E-state index contributed by atoms with van der Waals surface area (Å²) in [6.07, 6.45) is 8.05. The third kappa shape index (κ3) is 2.81. The van der Waals surface area contributed by atoms with E-state index < -0.39 is 5.60 Å². The van der Waals surface area contributed by atoms with E-state index in [-0.39, 0.29) is 11.9 Å². The Labute approximate surface area is 170 Å². The molecule has 0 spiro atoms. The topological polar surface area (TPSA) is 129 Å². The Kier molecular flexibility index (Phi) is 3.70. The lowest BCUT2D eigenvalue weighted by atomic mass is 9.52. The van der Waals surface area contributed by atoms with Crippen LogP contribution in [0.2, 0.25) is 0 Å². The minimum Gasteiger partial charge on any atom is -0.390 e. The largest absolute Gasteiger partial charge is 0.390 e. The van der Waals surface area contributed by atoms with Gasteiger partial charge in [-0.3, -0.25) is 10.1 Å². The molecule has 4 fully saturated rings. The molecule has 2 unspecified atom stereocenters. The Morgan fingerprint density at radius 3 is 2.79 bits per heavy atom. The lowest BCUT2D eigenvalue weighted by Gasteiger charge is -2.58. The smallest absolute Gasteiger partial charge is 0.261 e. The predicted octanol–water partition coefficient (Wildman–Crippen LogP) is 2.41. The second-order valence-electron chi connectivity index (χ2n) is 8.71. The highest BCUT2D eigenvalue weighted by Gasteiger charge is 2.54. The molecule has 29 heavy (non-hydrogen) atoms. The van der Waals surface area contributed by atoms with Crippen molar-refractivity contribution in [2.24, 2.45) is 17.8 Å². The number of hydrogen-bond donors (Lipinski definition) is 4. The number of carbonyl (C=O) groups is 1. The van der Waals surface area contributed by atoms with Crippen LogP contribution >= 0.6 is 11.3 Å². The summed E-state index contributed by atoms with van der Waals surface area (Å²) in [7, 11) is 0. The van der Waals surface area contributed by atoms with Crippen molar-refractivity contribution in [2.45, 2.75) is 43.7 Å². The lowest BCUT2D eigenvalue weighted by molar-refractivity contribution is -0.129. The molecule has 0 saturated heterocycles. The van der Waals surface area contributed by atoms with Crippen molar-refractivity contribution < 1.29 is 9.90 Å². The number of anilines is 2. The first kappa shape index (κ1) is 17.3. The van der Waals surface area contributed by atoms with Crippen LogP contribution in [0, 0.1) is 17.8 Å². The first-order valence-electron chi connectivity index (χ1n) is 9.96. The van der Waals surface area contributed by atoms with Gasteiger partial charge in [0, 0.05) is 12.2 Å². The van der Waals surface area contributed by atoms with Crippen LogP contribution < -0.4 is 10.6 Å². The molecule has 4 aliphatic rings. The number of aromatic amines is 1. The molecule has 3 heterocycles. The van der Waals surface area contributed by atoms with Crippen LogP contribution in [0.15, 0.2) is 18.0 Å². The molecule has 4 bridgehead atoms. The number of amides is 1. The summed E-state index contributed by atoms with van der Waals surface area (Å²) in [5.41, 5.74) is 3.55. The van der Waals surface area contributed by atoms with Crippen molar-refractivity contribution >= 4 is 39.2 Å². The fraction of sp³-hybridized carbons (Fsp3) is 0.526. The zero-order valence-electron chi connectivity index (χ0n) is 15.6. The Bertz CT molecular complexity index is 1070. The monoisotopic (exact) mass is 411 g/mol. The van der Waals surface area contributed by atoms with Crippen LogP contribution in [0.1, 0.15) is 42.5 Å². The molecule has 4 aliphatic carbocycles. The van der Waals surface area contributed by atoms with Gasteiger partial charge in [-0.1, -0.05) is 11.3 Å². The number of hydrogen-bond acceptors (Lipinski definition) is 8. The fourth-order valence-electron chi connectivity index (χ4n) is 5.99. The van der Waals surface area contributed by atoms with Crippen molar-refractivity contribution in [3.63, 3.8) is 0 Å². The maximum atomic E-state index is 13.0. The van der Waals surface area contributed by atoms with Gasteiger partial charge in [0.05, 0.1) is 23.2 Å². The predicted molar refractivity (Wildman–Crippen MR) is 108 cm³/mol. The number of fused-ring (bicyclic) bond motifs is 1. The van der Waals surface area contributed by atoms with E-state index in [1.807, 2.05) is 0 Å². The van der Waals surface area contributed by atoms with Crippen LogP contribution in [0.3, 0.4) is 0 Å². The van der Waals surface area contributed by atoms with Crippen LogP contribution in [-0.4, -0.2) is 47.8 Å². The zero-order valence-corrected chi connectivity index (χ0v) is 16.4. The van der Waals surface area contributed by atoms with Gasteiger partial charge in [-0.05, 0) is 49.9 Å². The Balaban J connectivity index is 1.36. The number of pyridine rings is 1. The number of imidazole rings is 1. The molecule has 10 heteroatoms. The molecule has 1 amide bonds. The SMILES string of the molecule is O=C(Nc1nncs1)c1cnc2nc[nH]c2c1NC1C2CC3CC1CC(O)(C3)C2. The molecule has 0 aromatic carbocycles. The highest BCUT2D eigenvalue weighted by atomic mass is 32.1. The van der Waals surface area contributed by atoms with Gasteiger partial charge in [0.15, 0.2) is 5.65 Å². The molecule has 3 aromatic rings. The Hall–Kier alpha value is -2.59. The number of aromatic nitrogens is 5. The highest BCUT2D eigenvalue weighted by molar-refractivity contribution is 7.13. The van der Waals surface area contributed by atoms with Gasteiger partial charge in [0.1, 0.15) is 11.0 Å². The summed E-state index contributed by atoms with van der Waals surface area (Å²) < 4.78 is 0.